The summed E-state index contributed by atoms with van der Waals surface area (Å²) in [6.45, 7) is 1.00. The molecule has 0 bridgehead atoms. The third-order valence-electron chi connectivity index (χ3n) is 5.14. The van der Waals surface area contributed by atoms with E-state index in [4.69, 9.17) is 10.5 Å². The van der Waals surface area contributed by atoms with Crippen LogP contribution in [0.1, 0.15) is 18.2 Å². The van der Waals surface area contributed by atoms with Gasteiger partial charge in [0.05, 0.1) is 11.3 Å². The number of thioether (sulfide) groups is 1. The highest BCUT2D eigenvalue weighted by atomic mass is 32.2. The molecule has 1 aromatic heterocycles. The van der Waals surface area contributed by atoms with Gasteiger partial charge in [-0.15, -0.1) is 23.1 Å². The fourth-order valence-electron chi connectivity index (χ4n) is 3.59. The lowest BCUT2D eigenvalue weighted by Crippen LogP contribution is -2.70. The third-order valence-corrected chi connectivity index (χ3v) is 7.15. The van der Waals surface area contributed by atoms with Gasteiger partial charge in [-0.25, -0.2) is 9.78 Å². The van der Waals surface area contributed by atoms with Gasteiger partial charge in [0.1, 0.15) is 23.7 Å². The number of carbonyl (C=O) groups is 4. The van der Waals surface area contributed by atoms with Crippen molar-refractivity contribution in [2.24, 2.45) is 0 Å². The van der Waals surface area contributed by atoms with Gasteiger partial charge in [0.25, 0.3) is 11.8 Å². The zero-order valence-electron chi connectivity index (χ0n) is 17.9. The second kappa shape index (κ2) is 9.69. The Morgan fingerprint density at radius 1 is 1.32 bits per heavy atom. The summed E-state index contributed by atoms with van der Waals surface area (Å²) < 4.78 is 4.93. The van der Waals surface area contributed by atoms with Crippen LogP contribution in [0.25, 0.3) is 11.6 Å². The monoisotopic (exact) mass is 500 g/mol. The fraction of sp³-hybridized carbons (Fsp3) is 0.227. The topological polar surface area (TPSA) is 152 Å². The Labute approximate surface area is 202 Å². The van der Waals surface area contributed by atoms with Crippen LogP contribution in [0.5, 0.6) is 0 Å². The van der Waals surface area contributed by atoms with E-state index < -0.39 is 35.2 Å². The molecule has 34 heavy (non-hydrogen) atoms. The lowest BCUT2D eigenvalue weighted by atomic mass is 10.0. The molecule has 0 spiro atoms. The number of amides is 2. The fourth-order valence-corrected chi connectivity index (χ4v) is 5.48. The molecule has 3 heterocycles. The molecule has 0 radical (unpaired) electrons. The first kappa shape index (κ1) is 23.5. The van der Waals surface area contributed by atoms with E-state index in [0.717, 1.165) is 10.5 Å². The number of nitrogen functional groups attached to an aromatic ring is 1. The summed E-state index contributed by atoms with van der Waals surface area (Å²) in [6, 6.07) is 8.24. The van der Waals surface area contributed by atoms with Crippen molar-refractivity contribution >= 4 is 63.6 Å². The summed E-state index contributed by atoms with van der Waals surface area (Å²) >= 11 is 2.48. The normalized spacial score (nSPS) is 19.9. The molecule has 1 saturated heterocycles. The van der Waals surface area contributed by atoms with Crippen LogP contribution in [-0.2, 0) is 23.9 Å². The number of carbonyl (C=O) groups excluding carboxylic acids is 3. The van der Waals surface area contributed by atoms with Gasteiger partial charge in [-0.3, -0.25) is 19.3 Å². The number of ether oxygens (including phenoxy) is 1. The molecule has 4 rings (SSSR count). The summed E-state index contributed by atoms with van der Waals surface area (Å²) in [4.78, 5) is 54.4. The second-order valence-electron chi connectivity index (χ2n) is 7.44. The first-order valence-electron chi connectivity index (χ1n) is 10.1. The molecule has 0 saturated carbocycles. The van der Waals surface area contributed by atoms with Crippen LogP contribution < -0.4 is 11.1 Å². The average molecular weight is 501 g/mol. The van der Waals surface area contributed by atoms with Gasteiger partial charge in [-0.2, -0.15) is 0 Å². The van der Waals surface area contributed by atoms with Gasteiger partial charge in [0, 0.05) is 23.6 Å². The summed E-state index contributed by atoms with van der Waals surface area (Å²) in [6.07, 6.45) is 1.65. The molecular formula is C22H20N4O6S2. The number of nitrogens with one attached hydrogen (secondary N) is 1. The van der Waals surface area contributed by atoms with Crippen LogP contribution in [0.3, 0.4) is 0 Å². The second-order valence-corrected chi connectivity index (χ2v) is 9.43. The predicted octanol–water partition coefficient (Wildman–Crippen LogP) is 1.57. The number of fused-ring (bicyclic) bond motifs is 1. The van der Waals surface area contributed by atoms with Crippen molar-refractivity contribution in [1.29, 1.82) is 0 Å². The van der Waals surface area contributed by atoms with E-state index in [1.54, 1.807) is 11.5 Å². The van der Waals surface area contributed by atoms with Gasteiger partial charge in [-0.05, 0) is 11.6 Å². The molecule has 2 aliphatic rings. The molecular weight excluding hydrogens is 480 g/mol. The van der Waals surface area contributed by atoms with Gasteiger partial charge in [0.15, 0.2) is 5.13 Å². The van der Waals surface area contributed by atoms with E-state index in [1.807, 2.05) is 30.3 Å². The molecule has 1 aromatic carbocycles. The number of thiazole rings is 1. The van der Waals surface area contributed by atoms with Gasteiger partial charge >= 0.3 is 11.9 Å². The molecule has 2 amide bonds. The molecule has 4 N–H and O–H groups in total. The number of anilines is 1. The molecule has 0 aliphatic carbocycles. The van der Waals surface area contributed by atoms with Gasteiger partial charge in [-0.1, -0.05) is 30.3 Å². The van der Waals surface area contributed by atoms with Crippen LogP contribution in [0.2, 0.25) is 0 Å². The Bertz CT molecular complexity index is 1220. The zero-order chi connectivity index (χ0) is 24.4. The SMILES string of the molecule is CC(=O)OCC1=C(C(=O)O)N2C(=O)C(NC(=O)/C(=C/c3ccccc3)c3csc(N)n3)[C@@H]2SC1. The summed E-state index contributed by atoms with van der Waals surface area (Å²) in [5.41, 5.74) is 7.23. The number of β-lactam (4-membered cyclic amide) rings is 1. The minimum Gasteiger partial charge on any atom is -0.477 e. The van der Waals surface area contributed by atoms with Gasteiger partial charge in [0.2, 0.25) is 0 Å². The number of hydrogen-bond acceptors (Lipinski definition) is 9. The van der Waals surface area contributed by atoms with E-state index in [2.05, 4.69) is 10.3 Å². The molecule has 2 aliphatic heterocycles. The summed E-state index contributed by atoms with van der Waals surface area (Å²) in [7, 11) is 0. The number of aromatic nitrogens is 1. The molecule has 1 fully saturated rings. The lowest BCUT2D eigenvalue weighted by Gasteiger charge is -2.49. The Morgan fingerprint density at radius 2 is 2.06 bits per heavy atom. The maximum absolute atomic E-state index is 13.2. The van der Waals surface area contributed by atoms with Crippen molar-refractivity contribution in [2.75, 3.05) is 18.1 Å². The molecule has 1 unspecified atom stereocenters. The molecule has 10 nitrogen and oxygen atoms in total. The van der Waals surface area contributed by atoms with E-state index >= 15 is 0 Å². The highest BCUT2D eigenvalue weighted by molar-refractivity contribution is 8.00. The average Bonchev–Trinajstić information content (AvgIpc) is 3.25. The first-order chi connectivity index (χ1) is 16.3. The number of aliphatic carboxylic acids is 1. The maximum Gasteiger partial charge on any atom is 0.352 e. The Balaban J connectivity index is 1.56. The van der Waals surface area contributed by atoms with Crippen LogP contribution in [0.15, 0.2) is 47.0 Å². The minimum atomic E-state index is -1.30. The Hall–Kier alpha value is -3.64. The largest absolute Gasteiger partial charge is 0.477 e. The number of rotatable bonds is 7. The van der Waals surface area contributed by atoms with Crippen molar-refractivity contribution in [3.05, 3.63) is 58.2 Å². The number of nitrogens with two attached hydrogens (primary N) is 1. The molecule has 2 aromatic rings. The van der Waals surface area contributed by atoms with Crippen molar-refractivity contribution in [2.45, 2.75) is 18.3 Å². The molecule has 2 atom stereocenters. The van der Waals surface area contributed by atoms with Crippen molar-refractivity contribution in [3.63, 3.8) is 0 Å². The van der Waals surface area contributed by atoms with Gasteiger partial charge < -0.3 is 20.9 Å². The standard InChI is InChI=1S/C22H20N4O6S2/c1-11(27)32-8-13-9-33-20-16(19(29)26(20)17(13)21(30)31)25-18(28)14(15-10-34-22(23)24-15)7-12-5-3-2-4-6-12/h2-7,10,16,20H,8-9H2,1H3,(H2,23,24)(H,25,28)(H,30,31)/b14-7+/t16?,20-/m0/s1. The van der Waals surface area contributed by atoms with E-state index in [-0.39, 0.29) is 23.6 Å². The van der Waals surface area contributed by atoms with Crippen LogP contribution >= 0.6 is 23.1 Å². The highest BCUT2D eigenvalue weighted by Crippen LogP contribution is 2.40. The zero-order valence-corrected chi connectivity index (χ0v) is 19.5. The Kier molecular flexibility index (Phi) is 6.70. The minimum absolute atomic E-state index is 0.215. The third kappa shape index (κ3) is 4.68. The number of carboxylic acids is 1. The van der Waals surface area contributed by atoms with Crippen LogP contribution in [-0.4, -0.2) is 62.5 Å². The number of carboxylic acid groups (broad SMARTS) is 1. The maximum atomic E-state index is 13.2. The van der Waals surface area contributed by atoms with Crippen molar-refractivity contribution < 1.29 is 29.0 Å². The smallest absolute Gasteiger partial charge is 0.352 e. The van der Waals surface area contributed by atoms with Crippen LogP contribution in [0, 0.1) is 0 Å². The summed E-state index contributed by atoms with van der Waals surface area (Å²) in [5.74, 6) is -2.69. The van der Waals surface area contributed by atoms with Crippen LogP contribution in [0.4, 0.5) is 5.13 Å². The quantitative estimate of drug-likeness (QED) is 0.292. The number of benzene rings is 1. The molecule has 12 heteroatoms. The van der Waals surface area contributed by atoms with E-state index in [9.17, 15) is 24.3 Å². The summed E-state index contributed by atoms with van der Waals surface area (Å²) in [5, 5.41) is 13.7. The lowest BCUT2D eigenvalue weighted by molar-refractivity contribution is -0.150. The number of nitrogens with zero attached hydrogens (tertiary/aromatic N) is 2. The van der Waals surface area contributed by atoms with E-state index in [0.29, 0.717) is 16.4 Å². The van der Waals surface area contributed by atoms with Crippen molar-refractivity contribution in [1.82, 2.24) is 15.2 Å². The first-order valence-corrected chi connectivity index (χ1v) is 12.0. The Morgan fingerprint density at radius 3 is 2.68 bits per heavy atom. The number of esters is 1. The van der Waals surface area contributed by atoms with Crippen molar-refractivity contribution in [3.8, 4) is 0 Å². The number of hydrogen-bond donors (Lipinski definition) is 3. The predicted molar refractivity (Wildman–Crippen MR) is 127 cm³/mol. The molecule has 176 valence electrons. The highest BCUT2D eigenvalue weighted by Gasteiger charge is 2.54. The van der Waals surface area contributed by atoms with E-state index in [1.165, 1.54) is 30.0 Å².